The Hall–Kier alpha value is -6.49. The Bertz CT molecular complexity index is 2260. The van der Waals surface area contributed by atoms with Crippen molar-refractivity contribution in [1.29, 1.82) is 0 Å². The van der Waals surface area contributed by atoms with E-state index in [1.165, 1.54) is 28.1 Å². The van der Waals surface area contributed by atoms with Crippen LogP contribution >= 0.6 is 0 Å². The smallest absolute Gasteiger partial charge is 0.308 e. The molecule has 0 aliphatic carbocycles. The summed E-state index contributed by atoms with van der Waals surface area (Å²) in [6.07, 6.45) is -13.7. The minimum Gasteiger partial charge on any atom is -0.493 e. The maximum Gasteiger partial charge on any atom is 0.308 e. The third-order valence-corrected chi connectivity index (χ3v) is 10.9. The van der Waals surface area contributed by atoms with Crippen LogP contribution in [0.1, 0.15) is 78.7 Å². The van der Waals surface area contributed by atoms with Gasteiger partial charge in [0.05, 0.1) is 45.7 Å². The van der Waals surface area contributed by atoms with Crippen molar-refractivity contribution in [2.45, 2.75) is 129 Å². The van der Waals surface area contributed by atoms with E-state index in [0.717, 1.165) is 52.7 Å². The number of methoxy groups -OCH3 is 2. The number of carbonyl (C=O) groups excluding carboxylic acids is 7. The number of esters is 7. The van der Waals surface area contributed by atoms with Crippen LogP contribution in [0.4, 0.5) is 0 Å². The molecule has 4 aliphatic heterocycles. The molecule has 4 heterocycles. The third kappa shape index (κ3) is 12.0. The number of hydrogen-bond donors (Lipinski definition) is 0. The molecule has 2 aromatic carbocycles. The summed E-state index contributed by atoms with van der Waals surface area (Å²) in [6.45, 7) is 9.12. The van der Waals surface area contributed by atoms with Crippen LogP contribution in [-0.4, -0.2) is 131 Å². The molecule has 0 amide bonds. The molecule has 13 unspecified atom stereocenters. The van der Waals surface area contributed by atoms with Gasteiger partial charge in [-0.3, -0.25) is 33.6 Å². The largest absolute Gasteiger partial charge is 0.493 e. The van der Waals surface area contributed by atoms with E-state index in [2.05, 4.69) is 0 Å². The minimum absolute atomic E-state index is 0.0670. The molecule has 13 atom stereocenters. The van der Waals surface area contributed by atoms with Crippen molar-refractivity contribution in [3.05, 3.63) is 59.4 Å². The number of hydrogen-bond acceptors (Lipinski definition) is 22. The lowest BCUT2D eigenvalue weighted by atomic mass is 9.89. The summed E-state index contributed by atoms with van der Waals surface area (Å²) < 4.78 is 87.1. The molecular formula is C46H54O22. The fourth-order valence-corrected chi connectivity index (χ4v) is 8.39. The van der Waals surface area contributed by atoms with Crippen molar-refractivity contribution < 1.29 is 105 Å². The molecular weight excluding hydrogens is 904 g/mol. The van der Waals surface area contributed by atoms with E-state index < -0.39 is 122 Å². The lowest BCUT2D eigenvalue weighted by Gasteiger charge is -2.46. The fraction of sp³-hybridized carbons (Fsp3) is 0.543. The first-order valence-electron chi connectivity index (χ1n) is 21.4. The van der Waals surface area contributed by atoms with Gasteiger partial charge >= 0.3 is 41.8 Å². The van der Waals surface area contributed by atoms with Gasteiger partial charge in [-0.05, 0) is 42.3 Å². The predicted molar refractivity (Wildman–Crippen MR) is 224 cm³/mol. The quantitative estimate of drug-likeness (QED) is 0.133. The molecule has 0 aromatic heterocycles. The van der Waals surface area contributed by atoms with Crippen LogP contribution in [0.15, 0.2) is 48.2 Å². The molecule has 0 saturated carbocycles. The van der Waals surface area contributed by atoms with E-state index in [0.29, 0.717) is 17.9 Å². The van der Waals surface area contributed by atoms with Gasteiger partial charge in [-0.25, -0.2) is 0 Å². The lowest BCUT2D eigenvalue weighted by molar-refractivity contribution is -0.323. The van der Waals surface area contributed by atoms with E-state index in [4.69, 9.17) is 71.1 Å². The van der Waals surface area contributed by atoms with E-state index in [9.17, 15) is 33.6 Å². The Morgan fingerprint density at radius 1 is 0.559 bits per heavy atom. The van der Waals surface area contributed by atoms with Crippen molar-refractivity contribution in [1.82, 2.24) is 0 Å². The molecule has 3 fully saturated rings. The second-order valence-corrected chi connectivity index (χ2v) is 16.1. The van der Waals surface area contributed by atoms with Gasteiger partial charge in [0.25, 0.3) is 0 Å². The summed E-state index contributed by atoms with van der Waals surface area (Å²) in [5.74, 6) is -4.76. The molecule has 6 rings (SSSR count). The summed E-state index contributed by atoms with van der Waals surface area (Å²) in [7, 11) is 2.86. The van der Waals surface area contributed by atoms with Gasteiger partial charge in [-0.2, -0.15) is 0 Å². The molecule has 0 spiro atoms. The van der Waals surface area contributed by atoms with Gasteiger partial charge in [-0.15, -0.1) is 0 Å². The van der Waals surface area contributed by atoms with Crippen molar-refractivity contribution in [3.63, 3.8) is 0 Å². The second kappa shape index (κ2) is 22.1. The average Bonchev–Trinajstić information content (AvgIpc) is 3.87. The Morgan fingerprint density at radius 2 is 1.06 bits per heavy atom. The van der Waals surface area contributed by atoms with Crippen molar-refractivity contribution in [2.75, 3.05) is 27.4 Å². The molecule has 0 N–H and O–H groups in total. The summed E-state index contributed by atoms with van der Waals surface area (Å²) in [6, 6.07) is 10.1. The molecule has 370 valence electrons. The van der Waals surface area contributed by atoms with Crippen molar-refractivity contribution in [3.8, 4) is 23.0 Å². The summed E-state index contributed by atoms with van der Waals surface area (Å²) in [5, 5.41) is 0. The van der Waals surface area contributed by atoms with Crippen LogP contribution in [0, 0.1) is 5.92 Å². The SMILES string of the molecule is COc1cc(C2OCC3C2=COC3c2ccc(OC3OC(COC4OC(C)C(OC(C)=O)C(OC(C)=O)C4OC(C)=O)C(OC(C)=O)C(OC(C)=O)C3OC(C)=O)c(OC)c2)ccc1OC(C)=O. The molecule has 0 bridgehead atoms. The van der Waals surface area contributed by atoms with Crippen molar-refractivity contribution >= 4 is 41.8 Å². The van der Waals surface area contributed by atoms with Crippen LogP contribution < -0.4 is 18.9 Å². The van der Waals surface area contributed by atoms with E-state index >= 15 is 0 Å². The van der Waals surface area contributed by atoms with Crippen LogP contribution in [0.25, 0.3) is 0 Å². The monoisotopic (exact) mass is 958 g/mol. The molecule has 4 aliphatic rings. The normalized spacial score (nSPS) is 29.4. The first kappa shape index (κ1) is 50.9. The van der Waals surface area contributed by atoms with Crippen LogP contribution in [-0.2, 0) is 85.7 Å². The van der Waals surface area contributed by atoms with Crippen LogP contribution in [0.3, 0.4) is 0 Å². The van der Waals surface area contributed by atoms with Gasteiger partial charge in [-0.1, -0.05) is 12.1 Å². The first-order valence-corrected chi connectivity index (χ1v) is 21.4. The third-order valence-electron chi connectivity index (χ3n) is 10.9. The van der Waals surface area contributed by atoms with Crippen LogP contribution in [0.5, 0.6) is 23.0 Å². The summed E-state index contributed by atoms with van der Waals surface area (Å²) in [5.41, 5.74) is 2.29. The molecule has 68 heavy (non-hydrogen) atoms. The highest BCUT2D eigenvalue weighted by Crippen LogP contribution is 2.51. The lowest BCUT2D eigenvalue weighted by Crippen LogP contribution is -2.64. The van der Waals surface area contributed by atoms with Gasteiger partial charge in [0.1, 0.15) is 18.3 Å². The maximum atomic E-state index is 12.7. The van der Waals surface area contributed by atoms with Crippen molar-refractivity contribution in [2.24, 2.45) is 5.92 Å². The van der Waals surface area contributed by atoms with Crippen LogP contribution in [0.2, 0.25) is 0 Å². The molecule has 3 saturated heterocycles. The summed E-state index contributed by atoms with van der Waals surface area (Å²) in [4.78, 5) is 86.2. The van der Waals surface area contributed by atoms with E-state index in [1.807, 2.05) is 0 Å². The second-order valence-electron chi connectivity index (χ2n) is 16.1. The molecule has 2 aromatic rings. The Kier molecular flexibility index (Phi) is 16.5. The Balaban J connectivity index is 1.27. The zero-order valence-corrected chi connectivity index (χ0v) is 38.9. The maximum absolute atomic E-state index is 12.7. The van der Waals surface area contributed by atoms with E-state index in [-0.39, 0.29) is 23.2 Å². The zero-order valence-electron chi connectivity index (χ0n) is 38.9. The topological polar surface area (TPSA) is 258 Å². The van der Waals surface area contributed by atoms with Gasteiger partial charge < -0.3 is 71.1 Å². The predicted octanol–water partition coefficient (Wildman–Crippen LogP) is 3.43. The number of ether oxygens (including phenoxy) is 15. The number of fused-ring (bicyclic) bond motifs is 1. The number of carbonyl (C=O) groups is 7. The highest BCUT2D eigenvalue weighted by Gasteiger charge is 2.55. The first-order chi connectivity index (χ1) is 32.3. The van der Waals surface area contributed by atoms with Gasteiger partial charge in [0, 0.05) is 54.0 Å². The van der Waals surface area contributed by atoms with Gasteiger partial charge in [0.15, 0.2) is 59.8 Å². The minimum atomic E-state index is -1.62. The molecule has 22 heteroatoms. The fourth-order valence-electron chi connectivity index (χ4n) is 8.39. The average molecular weight is 959 g/mol. The highest BCUT2D eigenvalue weighted by molar-refractivity contribution is 5.71. The standard InChI is InChI=1S/C46H54O22/c1-20-37(61-22(3)48)41(63-24(5)50)43(65-26(7)52)45(59-20)58-19-36-40(62-23(4)49)42(64-25(6)51)44(66-27(8)53)46(68-36)67-33-14-12-29(16-35(33)55-10)39-31-18-56-38(30(31)17-57-39)28-11-13-32(60-21(2)47)34(15-28)54-9/h11-17,20,31,36-46H,18-19H2,1-10H3. The summed E-state index contributed by atoms with van der Waals surface area (Å²) >= 11 is 0. The molecule has 0 radical (unpaired) electrons. The number of rotatable bonds is 16. The highest BCUT2D eigenvalue weighted by atomic mass is 16.8. The molecule has 22 nitrogen and oxygen atoms in total. The number of benzene rings is 2. The van der Waals surface area contributed by atoms with E-state index in [1.54, 1.807) is 42.7 Å². The van der Waals surface area contributed by atoms with Gasteiger partial charge in [0.2, 0.25) is 12.4 Å². The zero-order chi connectivity index (χ0) is 49.6. The Morgan fingerprint density at radius 3 is 1.65 bits per heavy atom. The Labute approximate surface area is 390 Å².